The van der Waals surface area contributed by atoms with Crippen molar-refractivity contribution in [2.24, 2.45) is 0 Å². The number of pyridine rings is 1. The van der Waals surface area contributed by atoms with Gasteiger partial charge in [0, 0.05) is 56.4 Å². The van der Waals surface area contributed by atoms with E-state index in [1.54, 1.807) is 12.4 Å². The van der Waals surface area contributed by atoms with E-state index in [-0.39, 0.29) is 0 Å². The molecule has 0 radical (unpaired) electrons. The van der Waals surface area contributed by atoms with Gasteiger partial charge in [0.2, 0.25) is 0 Å². The molecule has 1 aliphatic rings. The number of fused-ring (bicyclic) bond motifs is 1. The van der Waals surface area contributed by atoms with Gasteiger partial charge < -0.3 is 0 Å². The molecule has 1 aliphatic heterocycles. The van der Waals surface area contributed by atoms with Crippen molar-refractivity contribution in [3.63, 3.8) is 0 Å². The largest absolute Gasteiger partial charge is 0.293 e. The first-order chi connectivity index (χ1) is 11.4. The van der Waals surface area contributed by atoms with Crippen LogP contribution in [0.3, 0.4) is 0 Å². The molecule has 0 atom stereocenters. The first-order valence-electron chi connectivity index (χ1n) is 7.61. The number of rotatable bonds is 3. The van der Waals surface area contributed by atoms with Crippen molar-refractivity contribution in [1.82, 2.24) is 29.8 Å². The van der Waals surface area contributed by atoms with Crippen LogP contribution < -0.4 is 0 Å². The standard InChI is InChI=1S/C17H16N6/c1-2-5-20-15(3-1)11-23-6-4-16-14(10-23)9-21-17(22-16)13-7-18-12-19-8-13/h1-3,5,7-9,12H,4,6,10-11H2. The van der Waals surface area contributed by atoms with Crippen molar-refractivity contribution in [1.29, 1.82) is 0 Å². The van der Waals surface area contributed by atoms with E-state index < -0.39 is 0 Å². The van der Waals surface area contributed by atoms with Crippen LogP contribution in [-0.2, 0) is 19.5 Å². The van der Waals surface area contributed by atoms with Crippen molar-refractivity contribution in [3.8, 4) is 11.4 Å². The average Bonchev–Trinajstić information content (AvgIpc) is 2.63. The van der Waals surface area contributed by atoms with Crippen LogP contribution in [0.1, 0.15) is 17.0 Å². The monoisotopic (exact) mass is 304 g/mol. The summed E-state index contributed by atoms with van der Waals surface area (Å²) in [6.07, 6.45) is 9.68. The summed E-state index contributed by atoms with van der Waals surface area (Å²) in [6.45, 7) is 2.69. The van der Waals surface area contributed by atoms with Crippen LogP contribution in [0.5, 0.6) is 0 Å². The Morgan fingerprint density at radius 1 is 1.04 bits per heavy atom. The molecule has 3 aromatic heterocycles. The molecule has 0 aliphatic carbocycles. The molecule has 114 valence electrons. The Kier molecular flexibility index (Phi) is 3.73. The fourth-order valence-electron chi connectivity index (χ4n) is 2.78. The van der Waals surface area contributed by atoms with Gasteiger partial charge in [-0.1, -0.05) is 6.07 Å². The maximum atomic E-state index is 4.69. The van der Waals surface area contributed by atoms with Crippen LogP contribution in [0.25, 0.3) is 11.4 Å². The molecule has 0 unspecified atom stereocenters. The van der Waals surface area contributed by atoms with Crippen LogP contribution in [-0.4, -0.2) is 36.4 Å². The minimum Gasteiger partial charge on any atom is -0.293 e. The summed E-state index contributed by atoms with van der Waals surface area (Å²) in [6, 6.07) is 6.03. The third-order valence-corrected chi connectivity index (χ3v) is 3.94. The van der Waals surface area contributed by atoms with E-state index in [2.05, 4.69) is 30.9 Å². The van der Waals surface area contributed by atoms with E-state index in [0.29, 0.717) is 5.82 Å². The first-order valence-corrected chi connectivity index (χ1v) is 7.61. The summed E-state index contributed by atoms with van der Waals surface area (Å²) in [5.41, 5.74) is 4.25. The second kappa shape index (κ2) is 6.18. The maximum Gasteiger partial charge on any atom is 0.162 e. The lowest BCUT2D eigenvalue weighted by Crippen LogP contribution is -2.31. The van der Waals surface area contributed by atoms with Gasteiger partial charge in [0.1, 0.15) is 6.33 Å². The molecule has 0 fully saturated rings. The zero-order valence-corrected chi connectivity index (χ0v) is 12.6. The van der Waals surface area contributed by atoms with Gasteiger partial charge in [-0.2, -0.15) is 0 Å². The Balaban J connectivity index is 1.52. The molecule has 6 heteroatoms. The molecule has 0 saturated heterocycles. The molecule has 0 N–H and O–H groups in total. The molecule has 0 aromatic carbocycles. The lowest BCUT2D eigenvalue weighted by molar-refractivity contribution is 0.240. The molecule has 4 heterocycles. The van der Waals surface area contributed by atoms with Gasteiger partial charge in [0.25, 0.3) is 0 Å². The Hall–Kier alpha value is -2.73. The second-order valence-electron chi connectivity index (χ2n) is 5.57. The number of hydrogen-bond acceptors (Lipinski definition) is 6. The molecule has 0 amide bonds. The minimum absolute atomic E-state index is 0.697. The summed E-state index contributed by atoms with van der Waals surface area (Å²) in [5, 5.41) is 0. The minimum atomic E-state index is 0.697. The zero-order chi connectivity index (χ0) is 15.5. The molecule has 0 bridgehead atoms. The molecule has 4 rings (SSSR count). The predicted octanol–water partition coefficient (Wildman–Crippen LogP) is 1.89. The topological polar surface area (TPSA) is 67.7 Å². The fraction of sp³-hybridized carbons (Fsp3) is 0.235. The summed E-state index contributed by atoms with van der Waals surface area (Å²) >= 11 is 0. The summed E-state index contributed by atoms with van der Waals surface area (Å²) in [7, 11) is 0. The van der Waals surface area contributed by atoms with Crippen LogP contribution in [0.4, 0.5) is 0 Å². The van der Waals surface area contributed by atoms with Crippen molar-refractivity contribution in [2.45, 2.75) is 19.5 Å². The van der Waals surface area contributed by atoms with Gasteiger partial charge in [0.15, 0.2) is 5.82 Å². The van der Waals surface area contributed by atoms with Crippen LogP contribution in [0.2, 0.25) is 0 Å². The van der Waals surface area contributed by atoms with E-state index in [1.807, 2.05) is 24.5 Å². The molecule has 23 heavy (non-hydrogen) atoms. The summed E-state index contributed by atoms with van der Waals surface area (Å²) in [5.74, 6) is 0.697. The fourth-order valence-corrected chi connectivity index (χ4v) is 2.78. The highest BCUT2D eigenvalue weighted by molar-refractivity contribution is 5.52. The highest BCUT2D eigenvalue weighted by Gasteiger charge is 2.19. The van der Waals surface area contributed by atoms with E-state index in [9.17, 15) is 0 Å². The Bertz CT molecular complexity index is 791. The van der Waals surface area contributed by atoms with E-state index >= 15 is 0 Å². The SMILES string of the molecule is c1ccc(CN2CCc3nc(-c4cncnc4)ncc3C2)nc1. The average molecular weight is 304 g/mol. The summed E-state index contributed by atoms with van der Waals surface area (Å²) in [4.78, 5) is 24.0. The molecular formula is C17H16N6. The zero-order valence-electron chi connectivity index (χ0n) is 12.6. The number of nitrogens with zero attached hydrogens (tertiary/aromatic N) is 6. The van der Waals surface area contributed by atoms with Crippen molar-refractivity contribution < 1.29 is 0 Å². The van der Waals surface area contributed by atoms with Gasteiger partial charge in [-0.3, -0.25) is 9.88 Å². The smallest absolute Gasteiger partial charge is 0.162 e. The van der Waals surface area contributed by atoms with Crippen molar-refractivity contribution in [3.05, 3.63) is 66.3 Å². The van der Waals surface area contributed by atoms with Crippen molar-refractivity contribution in [2.75, 3.05) is 6.54 Å². The Morgan fingerprint density at radius 2 is 1.96 bits per heavy atom. The number of hydrogen-bond donors (Lipinski definition) is 0. The Morgan fingerprint density at radius 3 is 2.78 bits per heavy atom. The lowest BCUT2D eigenvalue weighted by Gasteiger charge is -2.27. The Labute approximate surface area is 134 Å². The lowest BCUT2D eigenvalue weighted by atomic mass is 10.1. The normalized spacial score (nSPS) is 14.4. The van der Waals surface area contributed by atoms with Crippen LogP contribution >= 0.6 is 0 Å². The number of aromatic nitrogens is 5. The van der Waals surface area contributed by atoms with E-state index in [0.717, 1.165) is 43.0 Å². The third-order valence-electron chi connectivity index (χ3n) is 3.94. The maximum absolute atomic E-state index is 4.69. The quantitative estimate of drug-likeness (QED) is 0.736. The second-order valence-corrected chi connectivity index (χ2v) is 5.57. The molecule has 0 saturated carbocycles. The predicted molar refractivity (Wildman–Crippen MR) is 85.1 cm³/mol. The van der Waals surface area contributed by atoms with Crippen LogP contribution in [0, 0.1) is 0 Å². The summed E-state index contributed by atoms with van der Waals surface area (Å²) < 4.78 is 0. The van der Waals surface area contributed by atoms with Gasteiger partial charge in [-0.15, -0.1) is 0 Å². The van der Waals surface area contributed by atoms with Gasteiger partial charge in [0.05, 0.1) is 17.0 Å². The van der Waals surface area contributed by atoms with Crippen molar-refractivity contribution >= 4 is 0 Å². The first kappa shape index (κ1) is 13.9. The molecule has 6 nitrogen and oxygen atoms in total. The molecule has 3 aromatic rings. The van der Waals surface area contributed by atoms with Crippen LogP contribution in [0.15, 0.2) is 49.3 Å². The van der Waals surface area contributed by atoms with Gasteiger partial charge >= 0.3 is 0 Å². The highest BCUT2D eigenvalue weighted by Crippen LogP contribution is 2.21. The van der Waals surface area contributed by atoms with Gasteiger partial charge in [-0.25, -0.2) is 19.9 Å². The molecular weight excluding hydrogens is 288 g/mol. The molecule has 0 spiro atoms. The van der Waals surface area contributed by atoms with E-state index in [4.69, 9.17) is 4.98 Å². The van der Waals surface area contributed by atoms with Gasteiger partial charge in [-0.05, 0) is 12.1 Å². The van der Waals surface area contributed by atoms with E-state index in [1.165, 1.54) is 11.9 Å². The highest BCUT2D eigenvalue weighted by atomic mass is 15.1. The third kappa shape index (κ3) is 3.07.